The van der Waals surface area contributed by atoms with Gasteiger partial charge in [-0.05, 0) is 17.7 Å². The first kappa shape index (κ1) is 13.5. The van der Waals surface area contributed by atoms with Crippen molar-refractivity contribution in [2.24, 2.45) is 0 Å². The van der Waals surface area contributed by atoms with E-state index in [2.05, 4.69) is 15.9 Å². The summed E-state index contributed by atoms with van der Waals surface area (Å²) >= 11 is 9.00. The van der Waals surface area contributed by atoms with Gasteiger partial charge in [0.25, 0.3) is 0 Å². The Hall–Kier alpha value is -0.610. The second kappa shape index (κ2) is 4.72. The molecule has 0 bridgehead atoms. The highest BCUT2D eigenvalue weighted by atomic mass is 79.9. The molecular weight excluding hydrogens is 298 g/mol. The normalized spacial score (nSPS) is 11.6. The molecule has 0 fully saturated rings. The molecule has 0 unspecified atom stereocenters. The highest BCUT2D eigenvalue weighted by Gasteiger charge is 2.28. The molecule has 0 heterocycles. The number of carboxylic acids is 1. The lowest BCUT2D eigenvalue weighted by molar-refractivity contribution is -0.138. The van der Waals surface area contributed by atoms with E-state index >= 15 is 0 Å². The van der Waals surface area contributed by atoms with E-state index in [1.54, 1.807) is 19.9 Å². The first-order valence-corrected chi connectivity index (χ1v) is 5.78. The van der Waals surface area contributed by atoms with Crippen LogP contribution in [0.15, 0.2) is 16.6 Å². The Balaban J connectivity index is 3.26. The van der Waals surface area contributed by atoms with Crippen molar-refractivity contribution in [1.29, 1.82) is 0 Å². The molecule has 16 heavy (non-hydrogen) atoms. The molecule has 0 radical (unpaired) electrons. The highest BCUT2D eigenvalue weighted by Crippen LogP contribution is 2.36. The summed E-state index contributed by atoms with van der Waals surface area (Å²) in [7, 11) is 0. The van der Waals surface area contributed by atoms with E-state index < -0.39 is 17.2 Å². The van der Waals surface area contributed by atoms with Crippen LogP contribution in [-0.4, -0.2) is 11.1 Å². The van der Waals surface area contributed by atoms with Gasteiger partial charge in [0.1, 0.15) is 5.82 Å². The lowest BCUT2D eigenvalue weighted by Crippen LogP contribution is -2.22. The molecule has 1 rings (SSSR count). The van der Waals surface area contributed by atoms with Gasteiger partial charge in [-0.1, -0.05) is 41.4 Å². The fourth-order valence-corrected chi connectivity index (χ4v) is 2.32. The minimum atomic E-state index is -0.943. The Labute approximate surface area is 107 Å². The fourth-order valence-electron chi connectivity index (χ4n) is 1.52. The van der Waals surface area contributed by atoms with E-state index in [0.29, 0.717) is 10.0 Å². The lowest BCUT2D eigenvalue weighted by Gasteiger charge is -2.24. The predicted octanol–water partition coefficient (Wildman–Crippen LogP) is 3.99. The molecule has 0 atom stereocenters. The zero-order valence-electron chi connectivity index (χ0n) is 8.85. The van der Waals surface area contributed by atoms with Gasteiger partial charge in [-0.25, -0.2) is 4.39 Å². The number of carboxylic acid groups (broad SMARTS) is 1. The molecule has 1 aromatic carbocycles. The van der Waals surface area contributed by atoms with Crippen molar-refractivity contribution in [2.75, 3.05) is 0 Å². The molecule has 5 heteroatoms. The number of rotatable bonds is 3. The van der Waals surface area contributed by atoms with E-state index in [0.717, 1.165) is 0 Å². The minimum absolute atomic E-state index is 0.0190. The van der Waals surface area contributed by atoms with Crippen LogP contribution in [0.1, 0.15) is 25.8 Å². The van der Waals surface area contributed by atoms with Gasteiger partial charge in [-0.2, -0.15) is 0 Å². The Morgan fingerprint density at radius 1 is 1.56 bits per heavy atom. The third-order valence-electron chi connectivity index (χ3n) is 2.32. The van der Waals surface area contributed by atoms with E-state index in [1.807, 2.05) is 0 Å². The van der Waals surface area contributed by atoms with Crippen molar-refractivity contribution in [3.63, 3.8) is 0 Å². The van der Waals surface area contributed by atoms with Crippen molar-refractivity contribution in [3.05, 3.63) is 33.0 Å². The maximum absolute atomic E-state index is 13.4. The predicted molar refractivity (Wildman–Crippen MR) is 64.4 cm³/mol. The number of aliphatic carboxylic acids is 1. The van der Waals surface area contributed by atoms with Gasteiger partial charge in [0.05, 0.1) is 11.4 Å². The smallest absolute Gasteiger partial charge is 0.304 e. The van der Waals surface area contributed by atoms with Gasteiger partial charge in [0.15, 0.2) is 0 Å². The molecule has 1 N–H and O–H groups in total. The van der Waals surface area contributed by atoms with Crippen molar-refractivity contribution >= 4 is 33.5 Å². The second-order valence-electron chi connectivity index (χ2n) is 4.20. The Morgan fingerprint density at radius 3 is 2.62 bits per heavy atom. The third-order valence-corrected chi connectivity index (χ3v) is 3.16. The molecule has 88 valence electrons. The quantitative estimate of drug-likeness (QED) is 0.857. The van der Waals surface area contributed by atoms with Crippen LogP contribution in [0, 0.1) is 5.82 Å². The highest BCUT2D eigenvalue weighted by molar-refractivity contribution is 9.10. The van der Waals surface area contributed by atoms with Gasteiger partial charge in [0.2, 0.25) is 0 Å². The summed E-state index contributed by atoms with van der Waals surface area (Å²) in [6.07, 6.45) is -0.109. The molecule has 0 saturated heterocycles. The molecular formula is C11H11BrClFO2. The molecule has 0 spiro atoms. The van der Waals surface area contributed by atoms with Crippen molar-refractivity contribution in [1.82, 2.24) is 0 Å². The zero-order valence-corrected chi connectivity index (χ0v) is 11.2. The summed E-state index contributed by atoms with van der Waals surface area (Å²) in [5.41, 5.74) is -0.225. The third kappa shape index (κ3) is 2.95. The van der Waals surface area contributed by atoms with Crippen LogP contribution in [0.3, 0.4) is 0 Å². The van der Waals surface area contributed by atoms with Crippen LogP contribution in [-0.2, 0) is 10.2 Å². The first-order valence-electron chi connectivity index (χ1n) is 4.61. The Morgan fingerprint density at radius 2 is 2.12 bits per heavy atom. The zero-order chi connectivity index (χ0) is 12.5. The summed E-state index contributed by atoms with van der Waals surface area (Å²) in [5.74, 6) is -1.49. The summed E-state index contributed by atoms with van der Waals surface area (Å²) in [5, 5.41) is 8.77. The number of halogens is 3. The van der Waals surface area contributed by atoms with Crippen LogP contribution in [0.25, 0.3) is 0 Å². The van der Waals surface area contributed by atoms with Crippen LogP contribution in [0.4, 0.5) is 4.39 Å². The monoisotopic (exact) mass is 308 g/mol. The van der Waals surface area contributed by atoms with Crippen LogP contribution < -0.4 is 0 Å². The van der Waals surface area contributed by atoms with Crippen molar-refractivity contribution in [2.45, 2.75) is 25.7 Å². The molecule has 2 nitrogen and oxygen atoms in total. The number of hydrogen-bond acceptors (Lipinski definition) is 1. The van der Waals surface area contributed by atoms with Gasteiger partial charge >= 0.3 is 5.97 Å². The standard InChI is InChI=1S/C11H11BrClFO2/c1-11(2,5-9(15)16)7-3-6(12)4-8(14)10(7)13/h3-4H,5H2,1-2H3,(H,15,16). The maximum atomic E-state index is 13.4. The largest absolute Gasteiger partial charge is 0.481 e. The minimum Gasteiger partial charge on any atom is -0.481 e. The van der Waals surface area contributed by atoms with Gasteiger partial charge in [-0.15, -0.1) is 0 Å². The molecule has 1 aromatic rings. The van der Waals surface area contributed by atoms with Crippen LogP contribution in [0.5, 0.6) is 0 Å². The first-order chi connectivity index (χ1) is 7.24. The number of benzene rings is 1. The molecule has 0 aromatic heterocycles. The summed E-state index contributed by atoms with van der Waals surface area (Å²) in [6, 6.07) is 2.90. The SMILES string of the molecule is CC(C)(CC(=O)O)c1cc(Br)cc(F)c1Cl. The van der Waals surface area contributed by atoms with Gasteiger partial charge in [-0.3, -0.25) is 4.79 Å². The number of hydrogen-bond donors (Lipinski definition) is 1. The van der Waals surface area contributed by atoms with Gasteiger partial charge < -0.3 is 5.11 Å². The number of carbonyl (C=O) groups is 1. The maximum Gasteiger partial charge on any atom is 0.304 e. The van der Waals surface area contributed by atoms with Crippen molar-refractivity contribution in [3.8, 4) is 0 Å². The van der Waals surface area contributed by atoms with Crippen molar-refractivity contribution < 1.29 is 14.3 Å². The van der Waals surface area contributed by atoms with E-state index in [1.165, 1.54) is 6.07 Å². The topological polar surface area (TPSA) is 37.3 Å². The fraction of sp³-hybridized carbons (Fsp3) is 0.364. The lowest BCUT2D eigenvalue weighted by atomic mass is 9.81. The Bertz CT molecular complexity index is 432. The molecule has 0 amide bonds. The average molecular weight is 310 g/mol. The molecule has 0 aliphatic carbocycles. The molecule has 0 saturated carbocycles. The average Bonchev–Trinajstić information content (AvgIpc) is 2.08. The summed E-state index contributed by atoms with van der Waals surface area (Å²) in [6.45, 7) is 3.43. The van der Waals surface area contributed by atoms with Gasteiger partial charge in [0, 0.05) is 9.89 Å². The van der Waals surface area contributed by atoms with Crippen LogP contribution >= 0.6 is 27.5 Å². The molecule has 0 aliphatic rings. The second-order valence-corrected chi connectivity index (χ2v) is 5.50. The van der Waals surface area contributed by atoms with E-state index in [9.17, 15) is 9.18 Å². The molecule has 0 aliphatic heterocycles. The summed E-state index contributed by atoms with van der Waals surface area (Å²) < 4.78 is 13.9. The summed E-state index contributed by atoms with van der Waals surface area (Å²) in [4.78, 5) is 10.7. The van der Waals surface area contributed by atoms with Crippen LogP contribution in [0.2, 0.25) is 5.02 Å². The van der Waals surface area contributed by atoms with E-state index in [-0.39, 0.29) is 11.4 Å². The van der Waals surface area contributed by atoms with E-state index in [4.69, 9.17) is 16.7 Å². The Kier molecular flexibility index (Phi) is 3.97.